The fraction of sp³-hybridized carbons (Fsp3) is 0.467. The number of carbonyl (C=O) groups is 2. The summed E-state index contributed by atoms with van der Waals surface area (Å²) in [5, 5.41) is 11.1. The number of carbonyl (C=O) groups excluding carboxylic acids is 2. The van der Waals surface area contributed by atoms with Gasteiger partial charge in [0, 0.05) is 32.6 Å². The molecule has 1 fully saturated rings. The van der Waals surface area contributed by atoms with Gasteiger partial charge < -0.3 is 9.80 Å². The fourth-order valence-corrected chi connectivity index (χ4v) is 3.26. The zero-order valence-corrected chi connectivity index (χ0v) is 12.3. The lowest BCUT2D eigenvalue weighted by Crippen LogP contribution is -2.40. The lowest BCUT2D eigenvalue weighted by atomic mass is 9.97. The fourth-order valence-electron chi connectivity index (χ4n) is 3.26. The van der Waals surface area contributed by atoms with Gasteiger partial charge in [-0.15, -0.1) is 0 Å². The van der Waals surface area contributed by atoms with Gasteiger partial charge in [0.2, 0.25) is 11.8 Å². The van der Waals surface area contributed by atoms with Crippen LogP contribution in [0.5, 0.6) is 0 Å². The van der Waals surface area contributed by atoms with Crippen LogP contribution >= 0.6 is 0 Å². The molecular weight excluding hydrogens is 286 g/mol. The number of hydrogen-bond acceptors (Lipinski definition) is 4. The Morgan fingerprint density at radius 2 is 2.18 bits per heavy atom. The van der Waals surface area contributed by atoms with Gasteiger partial charge in [0.25, 0.3) is 5.69 Å². The first-order valence-corrected chi connectivity index (χ1v) is 7.30. The van der Waals surface area contributed by atoms with Crippen LogP contribution in [0.2, 0.25) is 0 Å². The van der Waals surface area contributed by atoms with Crippen molar-refractivity contribution in [2.75, 3.05) is 25.0 Å². The van der Waals surface area contributed by atoms with Gasteiger partial charge in [0.05, 0.1) is 22.1 Å². The van der Waals surface area contributed by atoms with E-state index in [1.165, 1.54) is 6.07 Å². The highest BCUT2D eigenvalue weighted by atomic mass is 16.6. The highest BCUT2D eigenvalue weighted by Gasteiger charge is 2.37. The molecule has 3 rings (SSSR count). The van der Waals surface area contributed by atoms with Crippen LogP contribution < -0.4 is 4.90 Å². The predicted octanol–water partition coefficient (Wildman–Crippen LogP) is 1.35. The molecule has 116 valence electrons. The molecule has 1 saturated heterocycles. The maximum Gasteiger partial charge on any atom is 0.274 e. The summed E-state index contributed by atoms with van der Waals surface area (Å²) in [6, 6.07) is 4.83. The summed E-state index contributed by atoms with van der Waals surface area (Å²) >= 11 is 0. The van der Waals surface area contributed by atoms with Crippen molar-refractivity contribution in [1.82, 2.24) is 4.90 Å². The number of benzene rings is 1. The summed E-state index contributed by atoms with van der Waals surface area (Å²) in [7, 11) is 1.69. The van der Waals surface area contributed by atoms with E-state index < -0.39 is 4.92 Å². The van der Waals surface area contributed by atoms with Crippen LogP contribution in [0.3, 0.4) is 0 Å². The van der Waals surface area contributed by atoms with Gasteiger partial charge in [0.1, 0.15) is 0 Å². The van der Waals surface area contributed by atoms with E-state index in [-0.39, 0.29) is 29.8 Å². The predicted molar refractivity (Wildman–Crippen MR) is 79.5 cm³/mol. The number of fused-ring (bicyclic) bond motifs is 1. The first kappa shape index (κ1) is 14.5. The van der Waals surface area contributed by atoms with Crippen molar-refractivity contribution in [3.63, 3.8) is 0 Å². The van der Waals surface area contributed by atoms with E-state index in [9.17, 15) is 19.7 Å². The van der Waals surface area contributed by atoms with Crippen LogP contribution in [0.15, 0.2) is 18.2 Å². The average Bonchev–Trinajstić information content (AvgIpc) is 2.84. The Bertz CT molecular complexity index is 658. The maximum atomic E-state index is 12.7. The van der Waals surface area contributed by atoms with E-state index in [0.29, 0.717) is 37.2 Å². The van der Waals surface area contributed by atoms with E-state index in [4.69, 9.17) is 0 Å². The summed E-state index contributed by atoms with van der Waals surface area (Å²) in [5.41, 5.74) is 1.30. The minimum atomic E-state index is -0.403. The number of hydrogen-bond donors (Lipinski definition) is 0. The van der Waals surface area contributed by atoms with Crippen LogP contribution in [0, 0.1) is 16.0 Å². The lowest BCUT2D eigenvalue weighted by molar-refractivity contribution is -0.385. The number of nitro benzene ring substituents is 1. The molecule has 2 aliphatic heterocycles. The Morgan fingerprint density at radius 1 is 1.41 bits per heavy atom. The second kappa shape index (κ2) is 5.40. The molecule has 0 saturated carbocycles. The Morgan fingerprint density at radius 3 is 2.82 bits per heavy atom. The molecule has 1 aromatic rings. The lowest BCUT2D eigenvalue weighted by Gasteiger charge is -2.31. The minimum absolute atomic E-state index is 0.0328. The molecule has 2 amide bonds. The van der Waals surface area contributed by atoms with Crippen molar-refractivity contribution in [2.45, 2.75) is 19.3 Å². The van der Waals surface area contributed by atoms with E-state index in [0.717, 1.165) is 0 Å². The standard InChI is InChI=1S/C15H17N3O4/c1-16-9-10(8-14(16)19)15(20)17-7-3-4-11-12(17)5-2-6-13(11)18(21)22/h2,5-6,10H,3-4,7-9H2,1H3/t10-/m1/s1. The Hall–Kier alpha value is -2.44. The molecule has 0 spiro atoms. The molecule has 7 nitrogen and oxygen atoms in total. The molecular formula is C15H17N3O4. The molecule has 2 aliphatic rings. The van der Waals surface area contributed by atoms with Gasteiger partial charge in [-0.25, -0.2) is 0 Å². The van der Waals surface area contributed by atoms with Crippen molar-refractivity contribution in [1.29, 1.82) is 0 Å². The first-order valence-electron chi connectivity index (χ1n) is 7.30. The van der Waals surface area contributed by atoms with E-state index >= 15 is 0 Å². The Labute approximate surface area is 127 Å². The topological polar surface area (TPSA) is 83.8 Å². The number of amides is 2. The van der Waals surface area contributed by atoms with E-state index in [1.807, 2.05) is 0 Å². The zero-order valence-electron chi connectivity index (χ0n) is 12.3. The molecule has 0 unspecified atom stereocenters. The van der Waals surface area contributed by atoms with Crippen molar-refractivity contribution in [3.05, 3.63) is 33.9 Å². The summed E-state index contributed by atoms with van der Waals surface area (Å²) in [6.45, 7) is 0.958. The maximum absolute atomic E-state index is 12.7. The highest BCUT2D eigenvalue weighted by molar-refractivity contribution is 6.00. The molecule has 2 heterocycles. The van der Waals surface area contributed by atoms with Crippen LogP contribution in [0.25, 0.3) is 0 Å². The van der Waals surface area contributed by atoms with Crippen molar-refractivity contribution in [2.24, 2.45) is 5.92 Å². The van der Waals surface area contributed by atoms with Crippen LogP contribution in [-0.4, -0.2) is 41.8 Å². The summed E-state index contributed by atoms with van der Waals surface area (Å²) < 4.78 is 0. The van der Waals surface area contributed by atoms with Gasteiger partial charge in [-0.1, -0.05) is 6.07 Å². The number of rotatable bonds is 2. The summed E-state index contributed by atoms with van der Waals surface area (Å²) in [6.07, 6.45) is 1.51. The smallest absolute Gasteiger partial charge is 0.274 e. The largest absolute Gasteiger partial charge is 0.345 e. The Balaban J connectivity index is 1.92. The van der Waals surface area contributed by atoms with Gasteiger partial charge in [-0.05, 0) is 18.9 Å². The van der Waals surface area contributed by atoms with Crippen LogP contribution in [0.4, 0.5) is 11.4 Å². The van der Waals surface area contributed by atoms with Crippen molar-refractivity contribution < 1.29 is 14.5 Å². The van der Waals surface area contributed by atoms with Gasteiger partial charge in [0.15, 0.2) is 0 Å². The quantitative estimate of drug-likeness (QED) is 0.610. The SMILES string of the molecule is CN1C[C@H](C(=O)N2CCCc3c2cccc3[N+](=O)[O-])CC1=O. The average molecular weight is 303 g/mol. The highest BCUT2D eigenvalue weighted by Crippen LogP contribution is 2.35. The molecule has 1 aromatic carbocycles. The monoisotopic (exact) mass is 303 g/mol. The van der Waals surface area contributed by atoms with Crippen molar-refractivity contribution in [3.8, 4) is 0 Å². The third kappa shape index (κ3) is 2.32. The third-order valence-electron chi connectivity index (χ3n) is 4.38. The zero-order chi connectivity index (χ0) is 15.9. The van der Waals surface area contributed by atoms with Crippen LogP contribution in [-0.2, 0) is 16.0 Å². The second-order valence-electron chi connectivity index (χ2n) is 5.80. The normalized spacial score (nSPS) is 21.0. The molecule has 0 aliphatic carbocycles. The Kier molecular flexibility index (Phi) is 3.56. The first-order chi connectivity index (χ1) is 10.5. The molecule has 22 heavy (non-hydrogen) atoms. The second-order valence-corrected chi connectivity index (χ2v) is 5.80. The van der Waals surface area contributed by atoms with Crippen LogP contribution in [0.1, 0.15) is 18.4 Å². The van der Waals surface area contributed by atoms with Crippen molar-refractivity contribution >= 4 is 23.2 Å². The van der Waals surface area contributed by atoms with Gasteiger partial charge in [-0.2, -0.15) is 0 Å². The molecule has 1 atom stereocenters. The number of nitro groups is 1. The van der Waals surface area contributed by atoms with Gasteiger partial charge >= 0.3 is 0 Å². The molecule has 0 aromatic heterocycles. The molecule has 0 N–H and O–H groups in total. The summed E-state index contributed by atoms with van der Waals surface area (Å²) in [4.78, 5) is 38.2. The van der Waals surface area contributed by atoms with E-state index in [1.54, 1.807) is 29.0 Å². The van der Waals surface area contributed by atoms with E-state index in [2.05, 4.69) is 0 Å². The van der Waals surface area contributed by atoms with Gasteiger partial charge in [-0.3, -0.25) is 19.7 Å². The summed E-state index contributed by atoms with van der Waals surface area (Å²) in [5.74, 6) is -0.503. The third-order valence-corrected chi connectivity index (χ3v) is 4.38. The number of anilines is 1. The molecule has 7 heteroatoms. The minimum Gasteiger partial charge on any atom is -0.345 e. The number of likely N-dealkylation sites (tertiary alicyclic amines) is 1. The molecule has 0 bridgehead atoms. The number of nitrogens with zero attached hydrogens (tertiary/aromatic N) is 3. The molecule has 0 radical (unpaired) electrons.